The zero-order valence-corrected chi connectivity index (χ0v) is 29.4. The number of hydrogen-bond acceptors (Lipinski definition) is 2. The van der Waals surface area contributed by atoms with E-state index in [2.05, 4.69) is 103 Å². The van der Waals surface area contributed by atoms with Crippen LogP contribution in [-0.4, -0.2) is 9.79 Å². The normalized spacial score (nSPS) is 13.9. The molecule has 258 valence electrons. The average Bonchev–Trinajstić information content (AvgIpc) is 3.51. The summed E-state index contributed by atoms with van der Waals surface area (Å²) in [5.41, 5.74) is 13.5. The Balaban J connectivity index is 0.000000789. The summed E-state index contributed by atoms with van der Waals surface area (Å²) in [6, 6.07) is 43.4. The highest BCUT2D eigenvalue weighted by molar-refractivity contribution is 8.03. The predicted molar refractivity (Wildman–Crippen MR) is 206 cm³/mol. The van der Waals surface area contributed by atoms with Gasteiger partial charge in [-0.3, -0.25) is 9.79 Å². The van der Waals surface area contributed by atoms with E-state index in [0.29, 0.717) is 0 Å². The minimum absolute atomic E-state index is 0.271. The molecule has 6 aromatic carbocycles. The largest absolute Gasteiger partial charge is 0.507 e. The van der Waals surface area contributed by atoms with Crippen LogP contribution in [0.2, 0.25) is 0 Å². The van der Waals surface area contributed by atoms with Gasteiger partial charge in [-0.1, -0.05) is 121 Å². The molecule has 2 aliphatic rings. The molecule has 0 saturated heterocycles. The summed E-state index contributed by atoms with van der Waals surface area (Å²) in [6.07, 6.45) is 10.6. The molecule has 0 unspecified atom stereocenters. The second kappa shape index (κ2) is 15.2. The number of thioether (sulfide) groups is 1. The maximum atomic E-state index is 14.2. The Labute approximate surface area is 304 Å². The molecule has 0 radical (unpaired) electrons. The zero-order chi connectivity index (χ0) is 36.2. The molecule has 2 aliphatic carbocycles. The van der Waals surface area contributed by atoms with Gasteiger partial charge in [-0.2, -0.15) is 0 Å². The van der Waals surface area contributed by atoms with Crippen molar-refractivity contribution in [2.24, 2.45) is 0 Å². The summed E-state index contributed by atoms with van der Waals surface area (Å²) in [7, 11) is -5.14. The fraction of sp³-hybridized carbons (Fsp3) is 0.0455. The highest BCUT2D eigenvalue weighted by Crippen LogP contribution is 2.50. The van der Waals surface area contributed by atoms with Crippen LogP contribution in [-0.2, 0) is 11.0 Å². The molecule has 52 heavy (non-hydrogen) atoms. The topological polar surface area (TPSA) is 57.5 Å². The molecular weight excluding hydrogens is 697 g/mol. The summed E-state index contributed by atoms with van der Waals surface area (Å²) < 4.78 is 47.4. The van der Waals surface area contributed by atoms with Crippen molar-refractivity contribution in [2.45, 2.75) is 17.7 Å². The summed E-state index contributed by atoms with van der Waals surface area (Å²) >= 11 is 1.76. The highest BCUT2D eigenvalue weighted by atomic mass is 32.2. The molecule has 0 saturated carbocycles. The van der Waals surface area contributed by atoms with Crippen LogP contribution in [0, 0.1) is 11.6 Å². The van der Waals surface area contributed by atoms with Crippen molar-refractivity contribution in [3.63, 3.8) is 0 Å². The lowest BCUT2D eigenvalue weighted by molar-refractivity contribution is 0.322. The van der Waals surface area contributed by atoms with Crippen LogP contribution in [0.15, 0.2) is 167 Å². The van der Waals surface area contributed by atoms with Gasteiger partial charge in [-0.15, -0.1) is 4.20 Å². The molecule has 0 spiro atoms. The molecule has 0 atom stereocenters. The zero-order valence-electron chi connectivity index (χ0n) is 27.7. The van der Waals surface area contributed by atoms with Crippen LogP contribution in [0.3, 0.4) is 0 Å². The van der Waals surface area contributed by atoms with Gasteiger partial charge in [0.15, 0.2) is 0 Å². The molecule has 3 nitrogen and oxygen atoms in total. The Kier molecular flexibility index (Phi) is 10.3. The molecule has 8 rings (SSSR count). The maximum absolute atomic E-state index is 14.2. The molecule has 8 heteroatoms. The van der Waals surface area contributed by atoms with E-state index in [9.17, 15) is 13.0 Å². The number of halogens is 3. The second-order valence-electron chi connectivity index (χ2n) is 12.4. The number of allylic oxidation sites excluding steroid dienone is 4. The van der Waals surface area contributed by atoms with Crippen LogP contribution in [0.1, 0.15) is 23.1 Å². The van der Waals surface area contributed by atoms with Crippen molar-refractivity contribution < 1.29 is 27.3 Å². The summed E-state index contributed by atoms with van der Waals surface area (Å²) in [5, 5.41) is 0. The Morgan fingerprint density at radius 2 is 1.21 bits per heavy atom. The average molecular weight is 729 g/mol. The van der Waals surface area contributed by atoms with Crippen LogP contribution in [0.4, 0.5) is 13.0 Å². The molecule has 0 aliphatic heterocycles. The van der Waals surface area contributed by atoms with Gasteiger partial charge in [0.05, 0.1) is 0 Å². The van der Waals surface area contributed by atoms with Gasteiger partial charge in [-0.05, 0) is 128 Å². The van der Waals surface area contributed by atoms with Crippen LogP contribution < -0.4 is 0 Å². The Morgan fingerprint density at radius 1 is 0.635 bits per heavy atom. The van der Waals surface area contributed by atoms with Crippen LogP contribution in [0.5, 0.6) is 0 Å². The van der Waals surface area contributed by atoms with Gasteiger partial charge in [0.25, 0.3) is 0 Å². The number of fused-ring (bicyclic) bond motifs is 3. The molecule has 2 N–H and O–H groups in total. The van der Waals surface area contributed by atoms with Gasteiger partial charge in [-0.25, -0.2) is 13.3 Å². The second-order valence-corrected chi connectivity index (χ2v) is 14.5. The van der Waals surface area contributed by atoms with E-state index in [4.69, 9.17) is 14.4 Å². The fourth-order valence-electron chi connectivity index (χ4n) is 6.68. The minimum Gasteiger partial charge on any atom is -0.299 e. The smallest absolute Gasteiger partial charge is 0.299 e. The first kappa shape index (κ1) is 35.2. The van der Waals surface area contributed by atoms with Crippen molar-refractivity contribution in [3.05, 3.63) is 190 Å². The lowest BCUT2D eigenvalue weighted by Gasteiger charge is -2.21. The Hall–Kier alpha value is -5.17. The van der Waals surface area contributed by atoms with E-state index < -0.39 is 7.91 Å². The lowest BCUT2D eigenvalue weighted by atomic mass is 9.82. The highest BCUT2D eigenvalue weighted by Gasteiger charge is 2.27. The van der Waals surface area contributed by atoms with Crippen LogP contribution >= 0.6 is 19.7 Å². The van der Waals surface area contributed by atoms with Crippen molar-refractivity contribution in [1.29, 1.82) is 0 Å². The summed E-state index contributed by atoms with van der Waals surface area (Å²) in [4.78, 5) is 16.3. The predicted octanol–water partition coefficient (Wildman–Crippen LogP) is 12.6. The fourth-order valence-corrected chi connectivity index (χ4v) is 7.53. The monoisotopic (exact) mass is 728 g/mol. The number of benzene rings is 6. The van der Waals surface area contributed by atoms with Crippen molar-refractivity contribution >= 4 is 25.7 Å². The van der Waals surface area contributed by atoms with E-state index in [1.807, 2.05) is 30.3 Å². The van der Waals surface area contributed by atoms with Crippen LogP contribution in [0.25, 0.3) is 50.6 Å². The van der Waals surface area contributed by atoms with Crippen molar-refractivity contribution in [3.8, 4) is 44.5 Å². The van der Waals surface area contributed by atoms with Gasteiger partial charge >= 0.3 is 7.91 Å². The first-order chi connectivity index (χ1) is 25.1. The Bertz CT molecular complexity index is 2370. The third kappa shape index (κ3) is 8.31. The summed E-state index contributed by atoms with van der Waals surface area (Å²) in [6.45, 7) is 0. The molecule has 0 aromatic heterocycles. The molecular formula is C44H32F3O3PS. The third-order valence-electron chi connectivity index (χ3n) is 8.93. The quantitative estimate of drug-likeness (QED) is 0.167. The Morgan fingerprint density at radius 3 is 1.83 bits per heavy atom. The molecule has 0 heterocycles. The molecule has 0 bridgehead atoms. The first-order valence-corrected chi connectivity index (χ1v) is 18.9. The van der Waals surface area contributed by atoms with E-state index in [0.717, 1.165) is 51.1 Å². The first-order valence-electron chi connectivity index (χ1n) is 16.6. The standard InChI is InChI=1S/C44H30F2S.FH2O3P/c45-35-18-12-32(13-19-35)43-40(28-41-39-9-5-4-8-34(39)27-42(41)44(43)33-14-20-36(46)21-15-33)31-16-24-38(25-17-31)47-37-22-10-30(11-23-37)26-29-6-2-1-3-7-29;1-5(2,3)4/h1-10,12-26,28H,11,27H2;(H2,2,3,4). The number of rotatable bonds is 6. The minimum atomic E-state index is -5.14. The molecule has 0 fully saturated rings. The van der Waals surface area contributed by atoms with Gasteiger partial charge in [0.2, 0.25) is 0 Å². The van der Waals surface area contributed by atoms with Crippen molar-refractivity contribution in [2.75, 3.05) is 0 Å². The SMILES string of the molecule is Fc1ccc(-c2c(-c3ccc(SC4=CCC(=Cc5ccccc5)C=C4)cc3)cc3c(c2-c2ccc(F)cc2)Cc2ccccc2-3)cc1.O=P(O)(O)F. The van der Waals surface area contributed by atoms with E-state index in [1.165, 1.54) is 62.6 Å². The van der Waals surface area contributed by atoms with Crippen molar-refractivity contribution in [1.82, 2.24) is 0 Å². The van der Waals surface area contributed by atoms with Gasteiger partial charge in [0.1, 0.15) is 11.6 Å². The van der Waals surface area contributed by atoms with E-state index >= 15 is 0 Å². The maximum Gasteiger partial charge on any atom is 0.507 e. The van der Waals surface area contributed by atoms with E-state index in [-0.39, 0.29) is 11.6 Å². The van der Waals surface area contributed by atoms with Gasteiger partial charge < -0.3 is 0 Å². The lowest BCUT2D eigenvalue weighted by Crippen LogP contribution is -1.97. The molecule has 6 aromatic rings. The van der Waals surface area contributed by atoms with Gasteiger partial charge in [0, 0.05) is 9.80 Å². The van der Waals surface area contributed by atoms with E-state index in [1.54, 1.807) is 11.8 Å². The third-order valence-corrected chi connectivity index (χ3v) is 9.98. The number of hydrogen-bond donors (Lipinski definition) is 2. The summed E-state index contributed by atoms with van der Waals surface area (Å²) in [5.74, 6) is -0.546. The molecule has 0 amide bonds.